The number of halogens is 3. The van der Waals surface area contributed by atoms with Gasteiger partial charge in [-0.3, -0.25) is 0 Å². The Morgan fingerprint density at radius 1 is 1.17 bits per heavy atom. The van der Waals surface area contributed by atoms with Gasteiger partial charge in [-0.1, -0.05) is 51.1 Å². The number of nitrogens with two attached hydrogens (primary N) is 1. The fraction of sp³-hybridized carbons (Fsp3) is 0.407. The van der Waals surface area contributed by atoms with Crippen molar-refractivity contribution < 1.29 is 18.0 Å². The van der Waals surface area contributed by atoms with Crippen LogP contribution in [0.15, 0.2) is 54.7 Å². The summed E-state index contributed by atoms with van der Waals surface area (Å²) in [7, 11) is 1.52. The van der Waals surface area contributed by atoms with Gasteiger partial charge in [-0.25, -0.2) is 22.9 Å². The first-order chi connectivity index (χ1) is 17.0. The first-order valence-corrected chi connectivity index (χ1v) is 11.9. The number of rotatable bonds is 9. The van der Waals surface area contributed by atoms with Crippen LogP contribution in [0.2, 0.25) is 0 Å². The van der Waals surface area contributed by atoms with Gasteiger partial charge < -0.3 is 20.5 Å². The van der Waals surface area contributed by atoms with Crippen LogP contribution in [0.25, 0.3) is 11.3 Å². The van der Waals surface area contributed by atoms with E-state index >= 15 is 0 Å². The van der Waals surface area contributed by atoms with Gasteiger partial charge in [0.15, 0.2) is 0 Å². The molecule has 0 aliphatic heterocycles. The number of imidazole rings is 1. The molecule has 0 aliphatic rings. The summed E-state index contributed by atoms with van der Waals surface area (Å²) >= 11 is 0. The maximum atomic E-state index is 14.7. The van der Waals surface area contributed by atoms with Crippen molar-refractivity contribution in [2.75, 3.05) is 20.3 Å². The molecule has 6 nitrogen and oxygen atoms in total. The van der Waals surface area contributed by atoms with Crippen molar-refractivity contribution in [1.29, 1.82) is 0 Å². The molecule has 0 spiro atoms. The molecule has 0 saturated carbocycles. The number of benzene rings is 2. The molecule has 2 atom stereocenters. The highest BCUT2D eigenvalue weighted by Gasteiger charge is 2.38. The Kier molecular flexibility index (Phi) is 8.79. The maximum absolute atomic E-state index is 14.7. The van der Waals surface area contributed by atoms with E-state index in [1.54, 1.807) is 11.1 Å². The van der Waals surface area contributed by atoms with E-state index in [4.69, 9.17) is 10.7 Å². The number of carbonyl (C=O) groups excluding carboxylic acids is 1. The zero-order valence-corrected chi connectivity index (χ0v) is 21.1. The molecule has 2 aromatic carbocycles. The highest BCUT2D eigenvalue weighted by molar-refractivity contribution is 5.74. The average Bonchev–Trinajstić information content (AvgIpc) is 3.24. The average molecular weight is 502 g/mol. The second-order valence-electron chi connectivity index (χ2n) is 9.94. The number of amides is 2. The highest BCUT2D eigenvalue weighted by atomic mass is 19.1. The predicted molar refractivity (Wildman–Crippen MR) is 135 cm³/mol. The van der Waals surface area contributed by atoms with Crippen molar-refractivity contribution in [1.82, 2.24) is 19.8 Å². The highest BCUT2D eigenvalue weighted by Crippen LogP contribution is 2.39. The SMILES string of the molecule is CNC(=O)N(CC[C@H](N)CF)C(c1nc(-c2cc(F)ccc2F)cn1Cc1ccccc1)C(C)(C)C. The number of carbonyl (C=O) groups is 1. The van der Waals surface area contributed by atoms with Crippen LogP contribution in [0.1, 0.15) is 44.6 Å². The Hall–Kier alpha value is -3.33. The molecule has 194 valence electrons. The summed E-state index contributed by atoms with van der Waals surface area (Å²) in [5.41, 5.74) is 6.56. The molecule has 9 heteroatoms. The fourth-order valence-corrected chi connectivity index (χ4v) is 4.25. The number of hydrogen-bond donors (Lipinski definition) is 2. The number of hydrogen-bond acceptors (Lipinski definition) is 3. The first-order valence-electron chi connectivity index (χ1n) is 11.9. The van der Waals surface area contributed by atoms with E-state index < -0.39 is 35.8 Å². The van der Waals surface area contributed by atoms with Gasteiger partial charge in [-0.15, -0.1) is 0 Å². The van der Waals surface area contributed by atoms with Gasteiger partial charge in [-0.2, -0.15) is 0 Å². The molecule has 0 bridgehead atoms. The smallest absolute Gasteiger partial charge is 0.317 e. The number of urea groups is 1. The van der Waals surface area contributed by atoms with E-state index in [9.17, 15) is 18.0 Å². The lowest BCUT2D eigenvalue weighted by molar-refractivity contribution is 0.106. The Morgan fingerprint density at radius 3 is 2.47 bits per heavy atom. The summed E-state index contributed by atoms with van der Waals surface area (Å²) in [5.74, 6) is -0.677. The largest absolute Gasteiger partial charge is 0.341 e. The minimum Gasteiger partial charge on any atom is -0.341 e. The van der Waals surface area contributed by atoms with Crippen molar-refractivity contribution in [3.05, 3.63) is 77.8 Å². The van der Waals surface area contributed by atoms with Crippen LogP contribution < -0.4 is 11.1 Å². The number of nitrogens with zero attached hydrogens (tertiary/aromatic N) is 3. The Bertz CT molecular complexity index is 1160. The van der Waals surface area contributed by atoms with E-state index in [1.165, 1.54) is 7.05 Å². The molecule has 1 aromatic heterocycles. The molecule has 0 radical (unpaired) electrons. The van der Waals surface area contributed by atoms with Crippen molar-refractivity contribution in [2.45, 2.75) is 45.8 Å². The predicted octanol–water partition coefficient (Wildman–Crippen LogP) is 5.29. The topological polar surface area (TPSA) is 76.2 Å². The molecule has 1 unspecified atom stereocenters. The third-order valence-electron chi connectivity index (χ3n) is 6.00. The molecule has 3 rings (SSSR count). The van der Waals surface area contributed by atoms with Crippen molar-refractivity contribution >= 4 is 6.03 Å². The number of nitrogens with one attached hydrogen (secondary N) is 1. The van der Waals surface area contributed by atoms with Gasteiger partial charge in [0.05, 0.1) is 11.7 Å². The molecule has 2 amide bonds. The van der Waals surface area contributed by atoms with E-state index in [2.05, 4.69) is 5.32 Å². The summed E-state index contributed by atoms with van der Waals surface area (Å²) in [6, 6.07) is 11.2. The molecule has 36 heavy (non-hydrogen) atoms. The van der Waals surface area contributed by atoms with Gasteiger partial charge in [-0.05, 0) is 35.6 Å². The lowest BCUT2D eigenvalue weighted by Crippen LogP contribution is -2.47. The number of alkyl halides is 1. The summed E-state index contributed by atoms with van der Waals surface area (Å²) in [6.45, 7) is 5.78. The minimum atomic E-state index is -0.709. The summed E-state index contributed by atoms with van der Waals surface area (Å²) < 4.78 is 43.7. The summed E-state index contributed by atoms with van der Waals surface area (Å²) in [4.78, 5) is 19.4. The molecule has 3 N–H and O–H groups in total. The summed E-state index contributed by atoms with van der Waals surface area (Å²) in [5, 5.41) is 2.66. The Balaban J connectivity index is 2.18. The molecular formula is C27H34F3N5O. The molecule has 0 aliphatic carbocycles. The fourth-order valence-electron chi connectivity index (χ4n) is 4.25. The normalized spacial score (nSPS) is 13.3. The van der Waals surface area contributed by atoms with E-state index in [1.807, 2.05) is 55.7 Å². The van der Waals surface area contributed by atoms with Crippen LogP contribution >= 0.6 is 0 Å². The van der Waals surface area contributed by atoms with Gasteiger partial charge in [0, 0.05) is 37.9 Å². The van der Waals surface area contributed by atoms with Crippen LogP contribution in [0, 0.1) is 17.0 Å². The standard InChI is InChI=1S/C27H34F3N5O/c1-27(2,3)24(35(26(36)32-4)13-12-20(31)15-28)25-33-23(21-14-19(29)10-11-22(21)30)17-34(25)16-18-8-6-5-7-9-18/h5-11,14,17,20,24H,12-13,15-16,31H2,1-4H3,(H,32,36)/t20-,24?/m0/s1. The maximum Gasteiger partial charge on any atom is 0.317 e. The van der Waals surface area contributed by atoms with Crippen LogP contribution in [0.3, 0.4) is 0 Å². The monoisotopic (exact) mass is 501 g/mol. The van der Waals surface area contributed by atoms with E-state index in [-0.39, 0.29) is 30.3 Å². The van der Waals surface area contributed by atoms with Crippen LogP contribution in [-0.2, 0) is 6.54 Å². The van der Waals surface area contributed by atoms with Crippen LogP contribution in [-0.4, -0.2) is 46.8 Å². The minimum absolute atomic E-state index is 0.0293. The zero-order valence-electron chi connectivity index (χ0n) is 21.1. The van der Waals surface area contributed by atoms with Crippen molar-refractivity contribution in [2.24, 2.45) is 11.1 Å². The zero-order chi connectivity index (χ0) is 26.5. The number of aromatic nitrogens is 2. The van der Waals surface area contributed by atoms with E-state index in [0.717, 1.165) is 23.8 Å². The van der Waals surface area contributed by atoms with Gasteiger partial charge in [0.1, 0.15) is 24.1 Å². The summed E-state index contributed by atoms with van der Waals surface area (Å²) in [6.07, 6.45) is 1.93. The van der Waals surface area contributed by atoms with Crippen LogP contribution in [0.4, 0.5) is 18.0 Å². The molecule has 0 fully saturated rings. The molecule has 3 aromatic rings. The second kappa shape index (κ2) is 11.6. The molecule has 1 heterocycles. The van der Waals surface area contributed by atoms with Gasteiger partial charge in [0.2, 0.25) is 0 Å². The van der Waals surface area contributed by atoms with E-state index in [0.29, 0.717) is 12.4 Å². The van der Waals surface area contributed by atoms with Gasteiger partial charge in [0.25, 0.3) is 0 Å². The molecule has 0 saturated heterocycles. The lowest BCUT2D eigenvalue weighted by Gasteiger charge is -2.40. The van der Waals surface area contributed by atoms with Gasteiger partial charge >= 0.3 is 6.03 Å². The third-order valence-corrected chi connectivity index (χ3v) is 6.00. The lowest BCUT2D eigenvalue weighted by atomic mass is 9.84. The quantitative estimate of drug-likeness (QED) is 0.418. The van der Waals surface area contributed by atoms with Crippen molar-refractivity contribution in [3.8, 4) is 11.3 Å². The van der Waals surface area contributed by atoms with Crippen molar-refractivity contribution in [3.63, 3.8) is 0 Å². The Morgan fingerprint density at radius 2 is 1.86 bits per heavy atom. The second-order valence-corrected chi connectivity index (χ2v) is 9.94. The third kappa shape index (κ3) is 6.46. The first kappa shape index (κ1) is 27.3. The molecular weight excluding hydrogens is 467 g/mol. The Labute approximate surface area is 210 Å². The van der Waals surface area contributed by atoms with Crippen LogP contribution in [0.5, 0.6) is 0 Å².